The van der Waals surface area contributed by atoms with Gasteiger partial charge in [-0.15, -0.1) is 0 Å². The van der Waals surface area contributed by atoms with E-state index >= 15 is 0 Å². The van der Waals surface area contributed by atoms with Crippen LogP contribution in [0.4, 0.5) is 0 Å². The van der Waals surface area contributed by atoms with Gasteiger partial charge in [0.05, 0.1) is 22.2 Å². The molecule has 0 unspecified atom stereocenters. The second-order valence-electron chi connectivity index (χ2n) is 4.58. The second kappa shape index (κ2) is 6.08. The fourth-order valence-corrected chi connectivity index (χ4v) is 2.42. The molecule has 0 aromatic heterocycles. The molecular formula is C16H14BrNO2. The summed E-state index contributed by atoms with van der Waals surface area (Å²) >= 11 is 3.45. The lowest BCUT2D eigenvalue weighted by atomic mass is 10.1. The van der Waals surface area contributed by atoms with E-state index in [0.29, 0.717) is 22.6 Å². The van der Waals surface area contributed by atoms with Gasteiger partial charge in [-0.05, 0) is 59.6 Å². The highest BCUT2D eigenvalue weighted by Gasteiger charge is 2.12. The largest absolute Gasteiger partial charge is 0.456 e. The maximum Gasteiger partial charge on any atom is 0.141 e. The Morgan fingerprint density at radius 1 is 1.20 bits per heavy atom. The summed E-state index contributed by atoms with van der Waals surface area (Å²) in [5.41, 5.74) is 2.26. The van der Waals surface area contributed by atoms with E-state index in [-0.39, 0.29) is 0 Å². The Bertz CT molecular complexity index is 675. The van der Waals surface area contributed by atoms with Gasteiger partial charge in [-0.25, -0.2) is 0 Å². The van der Waals surface area contributed by atoms with E-state index in [1.54, 1.807) is 25.1 Å². The fourth-order valence-electron chi connectivity index (χ4n) is 1.84. The highest BCUT2D eigenvalue weighted by atomic mass is 79.9. The van der Waals surface area contributed by atoms with Crippen molar-refractivity contribution in [3.8, 4) is 17.6 Å². The van der Waals surface area contributed by atoms with Crippen LogP contribution in [0.15, 0.2) is 40.9 Å². The molecule has 0 amide bonds. The molecule has 3 nitrogen and oxygen atoms in total. The molecule has 0 spiro atoms. The molecule has 2 aromatic rings. The lowest BCUT2D eigenvalue weighted by Crippen LogP contribution is -1.97. The number of aryl methyl sites for hydroxylation is 1. The van der Waals surface area contributed by atoms with Gasteiger partial charge < -0.3 is 9.84 Å². The average molecular weight is 332 g/mol. The summed E-state index contributed by atoms with van der Waals surface area (Å²) < 4.78 is 6.67. The molecule has 0 radical (unpaired) electrons. The lowest BCUT2D eigenvalue weighted by molar-refractivity contribution is 0.195. The van der Waals surface area contributed by atoms with Crippen LogP contribution in [-0.2, 0) is 0 Å². The van der Waals surface area contributed by atoms with Gasteiger partial charge in [-0.2, -0.15) is 5.26 Å². The second-order valence-corrected chi connectivity index (χ2v) is 5.43. The van der Waals surface area contributed by atoms with E-state index in [1.807, 2.05) is 25.1 Å². The van der Waals surface area contributed by atoms with Crippen LogP contribution in [0, 0.1) is 18.3 Å². The van der Waals surface area contributed by atoms with Crippen molar-refractivity contribution < 1.29 is 9.84 Å². The maximum absolute atomic E-state index is 9.78. The predicted octanol–water partition coefficient (Wildman–Crippen LogP) is 4.47. The molecule has 0 fully saturated rings. The normalized spacial score (nSPS) is 11.8. The average Bonchev–Trinajstić information content (AvgIpc) is 2.41. The molecule has 4 heteroatoms. The number of ether oxygens (including phenoxy) is 1. The molecule has 1 atom stereocenters. The molecule has 0 aliphatic carbocycles. The van der Waals surface area contributed by atoms with Crippen LogP contribution in [0.2, 0.25) is 0 Å². The van der Waals surface area contributed by atoms with E-state index in [0.717, 1.165) is 10.0 Å². The van der Waals surface area contributed by atoms with Crippen LogP contribution >= 0.6 is 15.9 Å². The van der Waals surface area contributed by atoms with Gasteiger partial charge in [0.15, 0.2) is 0 Å². The summed E-state index contributed by atoms with van der Waals surface area (Å²) in [6.45, 7) is 3.66. The Morgan fingerprint density at radius 3 is 2.55 bits per heavy atom. The zero-order valence-corrected chi connectivity index (χ0v) is 12.8. The molecule has 0 bridgehead atoms. The van der Waals surface area contributed by atoms with Crippen molar-refractivity contribution >= 4 is 15.9 Å². The molecule has 1 N–H and O–H groups in total. The van der Waals surface area contributed by atoms with Crippen molar-refractivity contribution in [1.29, 1.82) is 5.26 Å². The highest BCUT2D eigenvalue weighted by molar-refractivity contribution is 9.10. The first kappa shape index (κ1) is 14.6. The van der Waals surface area contributed by atoms with Crippen molar-refractivity contribution in [3.63, 3.8) is 0 Å². The van der Waals surface area contributed by atoms with Crippen LogP contribution in [-0.4, -0.2) is 5.11 Å². The van der Waals surface area contributed by atoms with Gasteiger partial charge in [0.25, 0.3) is 0 Å². The fraction of sp³-hybridized carbons (Fsp3) is 0.188. The topological polar surface area (TPSA) is 53.2 Å². The number of hydrogen-bond acceptors (Lipinski definition) is 3. The number of aliphatic hydroxyl groups excluding tert-OH is 1. The van der Waals surface area contributed by atoms with Crippen molar-refractivity contribution in [2.24, 2.45) is 0 Å². The third-order valence-electron chi connectivity index (χ3n) is 2.90. The first-order valence-electron chi connectivity index (χ1n) is 6.17. The molecule has 0 heterocycles. The standard InChI is InChI=1S/C16H14BrNO2/c1-10-3-6-15(14(17)7-10)20-16-8-12(9-18)4-5-13(16)11(2)19/h3-8,11,19H,1-2H3/t11-/m1/s1. The van der Waals surface area contributed by atoms with Crippen LogP contribution in [0.5, 0.6) is 11.5 Å². The van der Waals surface area contributed by atoms with E-state index in [9.17, 15) is 5.11 Å². The third kappa shape index (κ3) is 3.19. The first-order chi connectivity index (χ1) is 9.51. The van der Waals surface area contributed by atoms with Gasteiger partial charge >= 0.3 is 0 Å². The van der Waals surface area contributed by atoms with Crippen molar-refractivity contribution in [3.05, 3.63) is 57.6 Å². The molecule has 0 aliphatic heterocycles. The van der Waals surface area contributed by atoms with E-state index in [4.69, 9.17) is 10.00 Å². The Labute approximate surface area is 126 Å². The SMILES string of the molecule is Cc1ccc(Oc2cc(C#N)ccc2[C@@H](C)O)c(Br)c1. The maximum atomic E-state index is 9.78. The van der Waals surface area contributed by atoms with Crippen LogP contribution in [0.25, 0.3) is 0 Å². The molecule has 0 saturated carbocycles. The molecule has 2 rings (SSSR count). The van der Waals surface area contributed by atoms with Crippen LogP contribution < -0.4 is 4.74 Å². The van der Waals surface area contributed by atoms with E-state index in [2.05, 4.69) is 22.0 Å². The monoisotopic (exact) mass is 331 g/mol. The van der Waals surface area contributed by atoms with Crippen LogP contribution in [0.1, 0.15) is 29.7 Å². The van der Waals surface area contributed by atoms with E-state index in [1.165, 1.54) is 0 Å². The van der Waals surface area contributed by atoms with Gasteiger partial charge in [0, 0.05) is 5.56 Å². The summed E-state index contributed by atoms with van der Waals surface area (Å²) in [4.78, 5) is 0. The molecule has 2 aromatic carbocycles. The number of nitriles is 1. The summed E-state index contributed by atoms with van der Waals surface area (Å²) in [5, 5.41) is 18.8. The van der Waals surface area contributed by atoms with E-state index < -0.39 is 6.10 Å². The number of nitrogens with zero attached hydrogens (tertiary/aromatic N) is 1. The van der Waals surface area contributed by atoms with Gasteiger partial charge in [0.2, 0.25) is 0 Å². The number of benzene rings is 2. The molecule has 102 valence electrons. The molecule has 0 saturated heterocycles. The highest BCUT2D eigenvalue weighted by Crippen LogP contribution is 2.34. The summed E-state index contributed by atoms with van der Waals surface area (Å²) in [5.74, 6) is 1.14. The van der Waals surface area contributed by atoms with Crippen molar-refractivity contribution in [1.82, 2.24) is 0 Å². The Hall–Kier alpha value is -1.83. The predicted molar refractivity (Wildman–Crippen MR) is 80.7 cm³/mol. The third-order valence-corrected chi connectivity index (χ3v) is 3.52. The molecular weight excluding hydrogens is 318 g/mol. The number of halogens is 1. The Balaban J connectivity index is 2.43. The summed E-state index contributed by atoms with van der Waals surface area (Å²) in [7, 11) is 0. The van der Waals surface area contributed by atoms with Gasteiger partial charge in [0.1, 0.15) is 11.5 Å². The zero-order chi connectivity index (χ0) is 14.7. The minimum Gasteiger partial charge on any atom is -0.456 e. The van der Waals surface area contributed by atoms with Crippen molar-refractivity contribution in [2.45, 2.75) is 20.0 Å². The molecule has 0 aliphatic rings. The zero-order valence-electron chi connectivity index (χ0n) is 11.2. The minimum atomic E-state index is -0.665. The van der Waals surface area contributed by atoms with Gasteiger partial charge in [-0.1, -0.05) is 12.1 Å². The van der Waals surface area contributed by atoms with Crippen molar-refractivity contribution in [2.75, 3.05) is 0 Å². The summed E-state index contributed by atoms with van der Waals surface area (Å²) in [6, 6.07) is 12.8. The smallest absolute Gasteiger partial charge is 0.141 e. The minimum absolute atomic E-state index is 0.489. The molecule has 20 heavy (non-hydrogen) atoms. The quantitative estimate of drug-likeness (QED) is 0.902. The number of aliphatic hydroxyl groups is 1. The number of hydrogen-bond donors (Lipinski definition) is 1. The number of rotatable bonds is 3. The van der Waals surface area contributed by atoms with Gasteiger partial charge in [-0.3, -0.25) is 0 Å². The Morgan fingerprint density at radius 2 is 1.95 bits per heavy atom. The van der Waals surface area contributed by atoms with Crippen LogP contribution in [0.3, 0.4) is 0 Å². The first-order valence-corrected chi connectivity index (χ1v) is 6.96. The summed E-state index contributed by atoms with van der Waals surface area (Å²) in [6.07, 6.45) is -0.665. The Kier molecular flexibility index (Phi) is 4.43. The lowest BCUT2D eigenvalue weighted by Gasteiger charge is -2.14.